The highest BCUT2D eigenvalue weighted by atomic mass is 16.2. The van der Waals surface area contributed by atoms with Gasteiger partial charge in [0.2, 0.25) is 11.8 Å². The van der Waals surface area contributed by atoms with Crippen LogP contribution < -0.4 is 11.5 Å². The lowest BCUT2D eigenvalue weighted by molar-refractivity contribution is -0.141. The van der Waals surface area contributed by atoms with E-state index in [-0.39, 0.29) is 30.2 Å². The highest BCUT2D eigenvalue weighted by Crippen LogP contribution is 2.36. The molecule has 2 heterocycles. The number of likely N-dealkylation sites (tertiary alicyclic amines) is 2. The second-order valence-corrected chi connectivity index (χ2v) is 7.98. The fourth-order valence-electron chi connectivity index (χ4n) is 4.22. The Balaban J connectivity index is 1.72. The van der Waals surface area contributed by atoms with Crippen molar-refractivity contribution in [3.05, 3.63) is 0 Å². The van der Waals surface area contributed by atoms with E-state index in [0.29, 0.717) is 38.1 Å². The van der Waals surface area contributed by atoms with Crippen molar-refractivity contribution in [2.24, 2.45) is 17.4 Å². The first kappa shape index (κ1) is 17.4. The lowest BCUT2D eigenvalue weighted by atomic mass is 9.76. The van der Waals surface area contributed by atoms with Gasteiger partial charge < -0.3 is 21.3 Å². The largest absolute Gasteiger partial charge is 0.329 e. The predicted molar refractivity (Wildman–Crippen MR) is 88.8 cm³/mol. The van der Waals surface area contributed by atoms with Crippen LogP contribution in [0.2, 0.25) is 0 Å². The topological polar surface area (TPSA) is 110 Å². The van der Waals surface area contributed by atoms with Gasteiger partial charge in [0.05, 0.1) is 24.2 Å². The van der Waals surface area contributed by atoms with Gasteiger partial charge in [-0.2, -0.15) is 0 Å². The number of hydrogen-bond donors (Lipinski definition) is 2. The van der Waals surface area contributed by atoms with E-state index in [1.165, 1.54) is 0 Å². The van der Waals surface area contributed by atoms with Crippen LogP contribution in [0.1, 0.15) is 46.0 Å². The molecule has 0 aromatic heterocycles. The van der Waals surface area contributed by atoms with E-state index in [9.17, 15) is 14.4 Å². The van der Waals surface area contributed by atoms with E-state index >= 15 is 0 Å². The first-order valence-corrected chi connectivity index (χ1v) is 8.93. The molecule has 3 fully saturated rings. The van der Waals surface area contributed by atoms with Gasteiger partial charge in [0.15, 0.2) is 5.78 Å². The summed E-state index contributed by atoms with van der Waals surface area (Å²) in [5.74, 6) is -0.0605. The first-order chi connectivity index (χ1) is 11.2. The molecule has 3 aliphatic rings. The quantitative estimate of drug-likeness (QED) is 0.727. The van der Waals surface area contributed by atoms with Crippen LogP contribution in [0, 0.1) is 5.92 Å². The van der Waals surface area contributed by atoms with Gasteiger partial charge in [-0.1, -0.05) is 13.8 Å². The molecule has 0 radical (unpaired) electrons. The molecule has 0 spiro atoms. The van der Waals surface area contributed by atoms with Crippen molar-refractivity contribution in [1.82, 2.24) is 9.80 Å². The van der Waals surface area contributed by atoms with Crippen LogP contribution in [-0.2, 0) is 14.4 Å². The summed E-state index contributed by atoms with van der Waals surface area (Å²) in [5, 5.41) is 0. The second-order valence-electron chi connectivity index (χ2n) is 7.98. The highest BCUT2D eigenvalue weighted by molar-refractivity contribution is 6.00. The maximum absolute atomic E-state index is 12.7. The minimum atomic E-state index is -0.805. The van der Waals surface area contributed by atoms with Crippen LogP contribution >= 0.6 is 0 Å². The van der Waals surface area contributed by atoms with Gasteiger partial charge in [-0.25, -0.2) is 0 Å². The molecule has 0 bridgehead atoms. The smallest absolute Gasteiger partial charge is 0.243 e. The maximum atomic E-state index is 12.7. The molecule has 2 amide bonds. The summed E-state index contributed by atoms with van der Waals surface area (Å²) < 4.78 is 0. The monoisotopic (exact) mass is 336 g/mol. The van der Waals surface area contributed by atoms with Crippen LogP contribution in [0.5, 0.6) is 0 Å². The molecular formula is C17H28N4O3. The summed E-state index contributed by atoms with van der Waals surface area (Å²) in [5.41, 5.74) is 11.4. The van der Waals surface area contributed by atoms with Crippen LogP contribution in [-0.4, -0.2) is 64.2 Å². The van der Waals surface area contributed by atoms with Crippen LogP contribution in [0.15, 0.2) is 0 Å². The molecule has 4 N–H and O–H groups in total. The van der Waals surface area contributed by atoms with E-state index in [1.807, 2.05) is 13.8 Å². The van der Waals surface area contributed by atoms with Gasteiger partial charge in [-0.15, -0.1) is 0 Å². The highest BCUT2D eigenvalue weighted by Gasteiger charge is 2.55. The number of Topliss-reactive ketones (excluding diaryl/α,β-unsaturated/α-hetero) is 1. The Morgan fingerprint density at radius 3 is 2.50 bits per heavy atom. The van der Waals surface area contributed by atoms with Crippen molar-refractivity contribution in [3.63, 3.8) is 0 Å². The maximum Gasteiger partial charge on any atom is 0.243 e. The number of nitrogens with two attached hydrogens (primary N) is 2. The van der Waals surface area contributed by atoms with E-state index in [0.717, 1.165) is 6.42 Å². The molecule has 2 saturated heterocycles. The molecule has 7 nitrogen and oxygen atoms in total. The van der Waals surface area contributed by atoms with Gasteiger partial charge in [-0.3, -0.25) is 14.4 Å². The minimum Gasteiger partial charge on any atom is -0.329 e. The van der Waals surface area contributed by atoms with Crippen molar-refractivity contribution in [3.8, 4) is 0 Å². The van der Waals surface area contributed by atoms with Gasteiger partial charge in [0, 0.05) is 6.54 Å². The Labute approximate surface area is 142 Å². The fourth-order valence-corrected chi connectivity index (χ4v) is 4.22. The average Bonchev–Trinajstić information content (AvgIpc) is 3.04. The Bertz CT molecular complexity index is 558. The zero-order valence-corrected chi connectivity index (χ0v) is 14.5. The van der Waals surface area contributed by atoms with Crippen molar-refractivity contribution in [2.75, 3.05) is 13.1 Å². The third-order valence-electron chi connectivity index (χ3n) is 5.68. The number of ketones is 1. The number of hydrogen-bond acceptors (Lipinski definition) is 5. The number of amides is 2. The zero-order chi connectivity index (χ0) is 17.6. The summed E-state index contributed by atoms with van der Waals surface area (Å²) in [7, 11) is 0. The molecule has 0 aromatic rings. The van der Waals surface area contributed by atoms with E-state index < -0.39 is 17.6 Å². The number of nitrogens with zero attached hydrogens (tertiary/aromatic N) is 2. The SMILES string of the molecule is CC(C)CC(N)C(=O)N1CCC2C1C(=O)CN2C(=O)C1(N)CCC1. The summed E-state index contributed by atoms with van der Waals surface area (Å²) >= 11 is 0. The molecule has 134 valence electrons. The van der Waals surface area contributed by atoms with Crippen molar-refractivity contribution >= 4 is 17.6 Å². The Kier molecular flexibility index (Phi) is 4.42. The number of fused-ring (bicyclic) bond motifs is 1. The normalized spacial score (nSPS) is 29.6. The van der Waals surface area contributed by atoms with E-state index in [4.69, 9.17) is 11.5 Å². The van der Waals surface area contributed by atoms with Crippen LogP contribution in [0.25, 0.3) is 0 Å². The molecule has 3 unspecified atom stereocenters. The molecule has 3 atom stereocenters. The molecular weight excluding hydrogens is 308 g/mol. The molecule has 24 heavy (non-hydrogen) atoms. The van der Waals surface area contributed by atoms with Crippen molar-refractivity contribution < 1.29 is 14.4 Å². The van der Waals surface area contributed by atoms with Crippen LogP contribution in [0.3, 0.4) is 0 Å². The molecule has 7 heteroatoms. The van der Waals surface area contributed by atoms with E-state index in [2.05, 4.69) is 0 Å². The van der Waals surface area contributed by atoms with Gasteiger partial charge in [-0.05, 0) is 38.0 Å². The fraction of sp³-hybridized carbons (Fsp3) is 0.824. The third-order valence-corrected chi connectivity index (χ3v) is 5.68. The summed E-state index contributed by atoms with van der Waals surface area (Å²) in [6.45, 7) is 4.57. The number of carbonyl (C=O) groups excluding carboxylic acids is 3. The first-order valence-electron chi connectivity index (χ1n) is 8.93. The summed E-state index contributed by atoms with van der Waals surface area (Å²) in [4.78, 5) is 41.1. The van der Waals surface area contributed by atoms with Gasteiger partial charge in [0.25, 0.3) is 0 Å². The lowest BCUT2D eigenvalue weighted by Gasteiger charge is -2.40. The number of rotatable bonds is 4. The molecule has 2 aliphatic heterocycles. The predicted octanol–water partition coefficient (Wildman–Crippen LogP) is -0.378. The average molecular weight is 336 g/mol. The molecule has 0 aromatic carbocycles. The standard InChI is InChI=1S/C17H28N4O3/c1-10(2)8-11(18)15(23)20-7-4-12-14(20)13(22)9-21(12)16(24)17(19)5-3-6-17/h10-12,14H,3-9,18-19H2,1-2H3. The Hall–Kier alpha value is -1.47. The zero-order valence-electron chi connectivity index (χ0n) is 14.5. The number of carbonyl (C=O) groups is 3. The van der Waals surface area contributed by atoms with E-state index in [1.54, 1.807) is 9.80 Å². The minimum absolute atomic E-state index is 0.0658. The van der Waals surface area contributed by atoms with Gasteiger partial charge >= 0.3 is 0 Å². The third kappa shape index (κ3) is 2.73. The molecule has 3 rings (SSSR count). The summed E-state index contributed by atoms with van der Waals surface area (Å²) in [6.07, 6.45) is 3.52. The molecule has 1 saturated carbocycles. The van der Waals surface area contributed by atoms with Crippen LogP contribution in [0.4, 0.5) is 0 Å². The van der Waals surface area contributed by atoms with Crippen molar-refractivity contribution in [2.45, 2.75) is 69.6 Å². The van der Waals surface area contributed by atoms with Gasteiger partial charge in [0.1, 0.15) is 6.04 Å². The second kappa shape index (κ2) is 6.11. The Morgan fingerprint density at radius 1 is 1.29 bits per heavy atom. The van der Waals surface area contributed by atoms with Crippen molar-refractivity contribution in [1.29, 1.82) is 0 Å². The summed E-state index contributed by atoms with van der Waals surface area (Å²) in [6, 6.07) is -1.36. The Morgan fingerprint density at radius 2 is 1.96 bits per heavy atom. The molecule has 1 aliphatic carbocycles. The lowest BCUT2D eigenvalue weighted by Crippen LogP contribution is -2.60.